The first-order valence-electron chi connectivity index (χ1n) is 8.72. The lowest BCUT2D eigenvalue weighted by molar-refractivity contribution is 0.995. The summed E-state index contributed by atoms with van der Waals surface area (Å²) in [5.41, 5.74) is 4.57. The lowest BCUT2D eigenvalue weighted by Crippen LogP contribution is -2.08. The molecule has 1 heterocycles. The summed E-state index contributed by atoms with van der Waals surface area (Å²) in [6, 6.07) is 20.8. The summed E-state index contributed by atoms with van der Waals surface area (Å²) in [6.07, 6.45) is 2.00. The maximum Gasteiger partial charge on any atom is 0.229 e. The van der Waals surface area contributed by atoms with Gasteiger partial charge in [-0.3, -0.25) is 0 Å². The van der Waals surface area contributed by atoms with E-state index in [1.807, 2.05) is 19.1 Å². The van der Waals surface area contributed by atoms with Gasteiger partial charge >= 0.3 is 0 Å². The summed E-state index contributed by atoms with van der Waals surface area (Å²) in [5.74, 6) is 1.46. The fourth-order valence-corrected chi connectivity index (χ4v) is 2.65. The Balaban J connectivity index is 1.63. The molecule has 0 aliphatic heterocycles. The van der Waals surface area contributed by atoms with Crippen molar-refractivity contribution in [3.05, 3.63) is 77.5 Å². The van der Waals surface area contributed by atoms with Crippen LogP contribution in [0.1, 0.15) is 23.7 Å². The van der Waals surface area contributed by atoms with E-state index in [4.69, 9.17) is 0 Å². The van der Waals surface area contributed by atoms with Gasteiger partial charge in [0, 0.05) is 24.0 Å². The van der Waals surface area contributed by atoms with Crippen LogP contribution in [-0.4, -0.2) is 16.5 Å². The first-order valence-corrected chi connectivity index (χ1v) is 8.72. The number of hydrogen-bond acceptors (Lipinski definition) is 4. The molecule has 0 amide bonds. The van der Waals surface area contributed by atoms with Crippen molar-refractivity contribution in [1.29, 1.82) is 0 Å². The molecule has 3 aromatic rings. The Bertz CT molecular complexity index is 798. The van der Waals surface area contributed by atoms with Crippen molar-refractivity contribution in [2.24, 2.45) is 0 Å². The number of nitrogens with one attached hydrogen (secondary N) is 2. The van der Waals surface area contributed by atoms with Gasteiger partial charge in [-0.25, -0.2) is 4.98 Å². The fraction of sp³-hybridized carbons (Fsp3) is 0.238. The monoisotopic (exact) mass is 332 g/mol. The van der Waals surface area contributed by atoms with Gasteiger partial charge in [-0.1, -0.05) is 49.4 Å². The number of nitrogens with zero attached hydrogens (tertiary/aromatic N) is 2. The third kappa shape index (κ3) is 5.05. The highest BCUT2D eigenvalue weighted by molar-refractivity contribution is 5.55. The highest BCUT2D eigenvalue weighted by Crippen LogP contribution is 2.17. The predicted octanol–water partition coefficient (Wildman–Crippen LogP) is 4.75. The van der Waals surface area contributed by atoms with Crippen molar-refractivity contribution in [1.82, 2.24) is 9.97 Å². The molecule has 2 N–H and O–H groups in total. The Hall–Kier alpha value is -2.88. The average Bonchev–Trinajstić information content (AvgIpc) is 2.63. The Morgan fingerprint density at radius 1 is 0.880 bits per heavy atom. The van der Waals surface area contributed by atoms with Crippen LogP contribution in [-0.2, 0) is 12.8 Å². The summed E-state index contributed by atoms with van der Waals surface area (Å²) < 4.78 is 0. The van der Waals surface area contributed by atoms with E-state index in [2.05, 4.69) is 76.1 Å². The molecule has 3 rings (SSSR count). The van der Waals surface area contributed by atoms with Gasteiger partial charge < -0.3 is 10.6 Å². The number of rotatable bonds is 7. The minimum atomic E-state index is 0.617. The lowest BCUT2D eigenvalue weighted by Gasteiger charge is -2.10. The first-order chi connectivity index (χ1) is 12.2. The number of benzene rings is 2. The molecule has 128 valence electrons. The van der Waals surface area contributed by atoms with E-state index >= 15 is 0 Å². The molecule has 2 aromatic carbocycles. The van der Waals surface area contributed by atoms with E-state index in [0.717, 1.165) is 36.6 Å². The summed E-state index contributed by atoms with van der Waals surface area (Å²) in [5, 5.41) is 6.67. The topological polar surface area (TPSA) is 49.8 Å². The van der Waals surface area contributed by atoms with Crippen molar-refractivity contribution in [2.75, 3.05) is 17.2 Å². The van der Waals surface area contributed by atoms with Crippen LogP contribution in [0.25, 0.3) is 0 Å². The zero-order valence-electron chi connectivity index (χ0n) is 14.8. The molecule has 0 atom stereocenters. The fourth-order valence-electron chi connectivity index (χ4n) is 2.65. The molecule has 0 aliphatic rings. The highest BCUT2D eigenvalue weighted by Gasteiger charge is 2.03. The molecule has 25 heavy (non-hydrogen) atoms. The van der Waals surface area contributed by atoms with E-state index in [9.17, 15) is 0 Å². The van der Waals surface area contributed by atoms with Gasteiger partial charge in [-0.15, -0.1) is 0 Å². The Morgan fingerprint density at radius 2 is 1.64 bits per heavy atom. The Kier molecular flexibility index (Phi) is 5.62. The molecule has 0 fully saturated rings. The van der Waals surface area contributed by atoms with Crippen molar-refractivity contribution in [3.8, 4) is 0 Å². The second-order valence-electron chi connectivity index (χ2n) is 6.06. The third-order valence-electron chi connectivity index (χ3n) is 4.04. The van der Waals surface area contributed by atoms with E-state index in [1.54, 1.807) is 0 Å². The number of aryl methyl sites for hydroxylation is 2. The normalized spacial score (nSPS) is 10.5. The maximum absolute atomic E-state index is 4.57. The average molecular weight is 332 g/mol. The molecule has 0 aliphatic carbocycles. The minimum absolute atomic E-state index is 0.617. The van der Waals surface area contributed by atoms with E-state index < -0.39 is 0 Å². The summed E-state index contributed by atoms with van der Waals surface area (Å²) >= 11 is 0. The standard InChI is InChI=1S/C21H24N4/c1-3-17-9-11-19(12-10-17)24-21-23-16(2)15-20(25-21)22-14-13-18-7-5-4-6-8-18/h4-12,15H,3,13-14H2,1-2H3,(H2,22,23,24,25). The molecule has 4 heteroatoms. The minimum Gasteiger partial charge on any atom is -0.370 e. The number of hydrogen-bond donors (Lipinski definition) is 2. The van der Waals surface area contributed by atoms with Gasteiger partial charge in [-0.05, 0) is 43.0 Å². The highest BCUT2D eigenvalue weighted by atomic mass is 15.1. The zero-order valence-corrected chi connectivity index (χ0v) is 14.8. The first kappa shape index (κ1) is 17.0. The van der Waals surface area contributed by atoms with Crippen molar-refractivity contribution in [3.63, 3.8) is 0 Å². The van der Waals surface area contributed by atoms with E-state index in [0.29, 0.717) is 5.95 Å². The molecule has 0 spiro atoms. The molecule has 0 saturated heterocycles. The van der Waals surface area contributed by atoms with Crippen LogP contribution in [0.4, 0.5) is 17.5 Å². The van der Waals surface area contributed by atoms with Crippen LogP contribution in [0, 0.1) is 6.92 Å². The van der Waals surface area contributed by atoms with Crippen LogP contribution in [0.15, 0.2) is 60.7 Å². The van der Waals surface area contributed by atoms with Crippen molar-refractivity contribution < 1.29 is 0 Å². The van der Waals surface area contributed by atoms with Gasteiger partial charge in [0.2, 0.25) is 5.95 Å². The molecule has 0 saturated carbocycles. The molecular weight excluding hydrogens is 308 g/mol. The van der Waals surface area contributed by atoms with Crippen molar-refractivity contribution >= 4 is 17.5 Å². The molecule has 1 aromatic heterocycles. The largest absolute Gasteiger partial charge is 0.370 e. The quantitative estimate of drug-likeness (QED) is 0.656. The van der Waals surface area contributed by atoms with Gasteiger partial charge in [0.15, 0.2) is 0 Å². The van der Waals surface area contributed by atoms with Crippen LogP contribution < -0.4 is 10.6 Å². The SMILES string of the molecule is CCc1ccc(Nc2nc(C)cc(NCCc3ccccc3)n2)cc1. The summed E-state index contributed by atoms with van der Waals surface area (Å²) in [6.45, 7) is 4.97. The van der Waals surface area contributed by atoms with Gasteiger partial charge in [0.05, 0.1) is 0 Å². The maximum atomic E-state index is 4.57. The van der Waals surface area contributed by atoms with Crippen molar-refractivity contribution in [2.45, 2.75) is 26.7 Å². The zero-order chi connectivity index (χ0) is 17.5. The Labute approximate surface area is 149 Å². The van der Waals surface area contributed by atoms with Crippen LogP contribution in [0.3, 0.4) is 0 Å². The predicted molar refractivity (Wildman–Crippen MR) is 105 cm³/mol. The van der Waals surface area contributed by atoms with Gasteiger partial charge in [0.25, 0.3) is 0 Å². The lowest BCUT2D eigenvalue weighted by atomic mass is 10.1. The molecule has 0 bridgehead atoms. The second kappa shape index (κ2) is 8.29. The van der Waals surface area contributed by atoms with E-state index in [-0.39, 0.29) is 0 Å². The third-order valence-corrected chi connectivity index (χ3v) is 4.04. The smallest absolute Gasteiger partial charge is 0.229 e. The van der Waals surface area contributed by atoms with Gasteiger partial charge in [0.1, 0.15) is 5.82 Å². The molecule has 0 unspecified atom stereocenters. The molecule has 0 radical (unpaired) electrons. The summed E-state index contributed by atoms with van der Waals surface area (Å²) in [4.78, 5) is 9.05. The van der Waals surface area contributed by atoms with Crippen LogP contribution >= 0.6 is 0 Å². The number of anilines is 3. The molecule has 4 nitrogen and oxygen atoms in total. The Morgan fingerprint density at radius 3 is 2.36 bits per heavy atom. The number of aromatic nitrogens is 2. The second-order valence-corrected chi connectivity index (χ2v) is 6.06. The molecular formula is C21H24N4. The van der Waals surface area contributed by atoms with Crippen LogP contribution in [0.2, 0.25) is 0 Å². The van der Waals surface area contributed by atoms with Gasteiger partial charge in [-0.2, -0.15) is 4.98 Å². The summed E-state index contributed by atoms with van der Waals surface area (Å²) in [7, 11) is 0. The van der Waals surface area contributed by atoms with E-state index in [1.165, 1.54) is 11.1 Å². The van der Waals surface area contributed by atoms with Crippen LogP contribution in [0.5, 0.6) is 0 Å².